The van der Waals surface area contributed by atoms with E-state index in [2.05, 4.69) is 155 Å². The van der Waals surface area contributed by atoms with Crippen molar-refractivity contribution in [1.82, 2.24) is 4.57 Å². The number of aromatic nitrogens is 1. The fourth-order valence-corrected chi connectivity index (χ4v) is 8.21. The fourth-order valence-electron chi connectivity index (χ4n) is 7.49. The Balaban J connectivity index is 1.43. The van der Waals surface area contributed by atoms with E-state index in [-0.39, 0.29) is 5.41 Å². The van der Waals surface area contributed by atoms with Gasteiger partial charge in [0.15, 0.2) is 0 Å². The smallest absolute Gasteiger partial charge is 0.0623 e. The predicted octanol–water partition coefficient (Wildman–Crippen LogP) is 10.5. The third-order valence-corrected chi connectivity index (χ3v) is 9.95. The molecule has 1 aliphatic heterocycles. The molecule has 9 rings (SSSR count). The molecule has 6 aromatic carbocycles. The Labute approximate surface area is 241 Å². The van der Waals surface area contributed by atoms with Crippen molar-refractivity contribution >= 4 is 37.7 Å². The van der Waals surface area contributed by atoms with Gasteiger partial charge in [-0.1, -0.05) is 125 Å². The Morgan fingerprint density at radius 2 is 1.30 bits per heavy atom. The molecular formula is C38H24BrN. The van der Waals surface area contributed by atoms with E-state index >= 15 is 0 Å². The number of hydrogen-bond acceptors (Lipinski definition) is 0. The zero-order valence-electron chi connectivity index (χ0n) is 21.9. The minimum Gasteiger partial charge on any atom is -0.308 e. The van der Waals surface area contributed by atoms with E-state index < -0.39 is 0 Å². The van der Waals surface area contributed by atoms with Crippen molar-refractivity contribution < 1.29 is 0 Å². The van der Waals surface area contributed by atoms with Gasteiger partial charge in [0.25, 0.3) is 0 Å². The highest BCUT2D eigenvalue weighted by atomic mass is 79.9. The summed E-state index contributed by atoms with van der Waals surface area (Å²) in [7, 11) is 0. The Bertz CT molecular complexity index is 2170. The van der Waals surface area contributed by atoms with Gasteiger partial charge in [-0.3, -0.25) is 0 Å². The monoisotopic (exact) mass is 573 g/mol. The van der Waals surface area contributed by atoms with Crippen LogP contribution in [0.5, 0.6) is 0 Å². The molecule has 1 aromatic heterocycles. The number of para-hydroxylation sites is 2. The summed E-state index contributed by atoms with van der Waals surface area (Å²) in [5, 5.41) is 2.61. The van der Waals surface area contributed by atoms with E-state index in [1.54, 1.807) is 0 Å². The number of rotatable bonds is 2. The van der Waals surface area contributed by atoms with Crippen LogP contribution in [0.4, 0.5) is 0 Å². The first-order valence-corrected chi connectivity index (χ1v) is 14.6. The summed E-state index contributed by atoms with van der Waals surface area (Å²) >= 11 is 4.04. The van der Waals surface area contributed by atoms with Gasteiger partial charge in [-0.05, 0) is 64.1 Å². The lowest BCUT2D eigenvalue weighted by molar-refractivity contribution is 0.710. The first-order valence-electron chi connectivity index (χ1n) is 13.8. The van der Waals surface area contributed by atoms with Crippen LogP contribution in [-0.4, -0.2) is 4.57 Å². The SMILES string of the molecule is CC1(c2ccc(-c3ccccc3)cc2)c2ccc3c4ccccc4n4c3c2-c2c(ccc(Br)c21)-c1ccccc1-4. The highest BCUT2D eigenvalue weighted by molar-refractivity contribution is 9.10. The zero-order valence-corrected chi connectivity index (χ0v) is 23.5. The van der Waals surface area contributed by atoms with E-state index in [4.69, 9.17) is 0 Å². The third-order valence-electron chi connectivity index (χ3n) is 9.28. The quantitative estimate of drug-likeness (QED) is 0.194. The van der Waals surface area contributed by atoms with E-state index in [0.29, 0.717) is 0 Å². The van der Waals surface area contributed by atoms with E-state index in [1.807, 2.05) is 0 Å². The average Bonchev–Trinajstić information content (AvgIpc) is 3.44. The van der Waals surface area contributed by atoms with Gasteiger partial charge in [-0.25, -0.2) is 0 Å². The van der Waals surface area contributed by atoms with Crippen LogP contribution in [0.3, 0.4) is 0 Å². The maximum absolute atomic E-state index is 4.04. The van der Waals surface area contributed by atoms with Gasteiger partial charge in [-0.15, -0.1) is 0 Å². The molecule has 0 amide bonds. The molecule has 0 N–H and O–H groups in total. The van der Waals surface area contributed by atoms with Crippen LogP contribution in [0.15, 0.2) is 132 Å². The van der Waals surface area contributed by atoms with Gasteiger partial charge in [0.2, 0.25) is 0 Å². The van der Waals surface area contributed by atoms with Crippen LogP contribution in [0.25, 0.3) is 60.9 Å². The average molecular weight is 575 g/mol. The number of nitrogens with zero attached hydrogens (tertiary/aromatic N) is 1. The Morgan fingerprint density at radius 3 is 2.15 bits per heavy atom. The van der Waals surface area contributed by atoms with Crippen molar-refractivity contribution in [2.24, 2.45) is 0 Å². The largest absolute Gasteiger partial charge is 0.308 e. The zero-order chi connectivity index (χ0) is 26.6. The number of fused-ring (bicyclic) bond motifs is 6. The Morgan fingerprint density at radius 1 is 0.575 bits per heavy atom. The maximum Gasteiger partial charge on any atom is 0.0623 e. The van der Waals surface area contributed by atoms with Gasteiger partial charge >= 0.3 is 0 Å². The molecule has 2 aliphatic rings. The lowest BCUT2D eigenvalue weighted by Gasteiger charge is -2.30. The summed E-state index contributed by atoms with van der Waals surface area (Å²) in [5.41, 5.74) is 15.3. The second kappa shape index (κ2) is 7.84. The minimum absolute atomic E-state index is 0.309. The van der Waals surface area contributed by atoms with E-state index in [9.17, 15) is 0 Å². The molecule has 0 bridgehead atoms. The van der Waals surface area contributed by atoms with E-state index in [0.717, 1.165) is 4.47 Å². The maximum atomic E-state index is 4.04. The molecule has 1 aliphatic carbocycles. The molecule has 2 heterocycles. The lowest BCUT2D eigenvalue weighted by atomic mass is 9.73. The molecule has 1 nitrogen and oxygen atoms in total. The van der Waals surface area contributed by atoms with Crippen molar-refractivity contribution in [3.63, 3.8) is 0 Å². The molecule has 0 fully saturated rings. The summed E-state index contributed by atoms with van der Waals surface area (Å²) in [5.74, 6) is 0. The first-order chi connectivity index (χ1) is 19.7. The molecule has 1 unspecified atom stereocenters. The lowest BCUT2D eigenvalue weighted by Crippen LogP contribution is -2.23. The predicted molar refractivity (Wildman–Crippen MR) is 170 cm³/mol. The second-order valence-corrected chi connectivity index (χ2v) is 12.0. The van der Waals surface area contributed by atoms with Crippen molar-refractivity contribution in [2.75, 3.05) is 0 Å². The van der Waals surface area contributed by atoms with Crippen LogP contribution < -0.4 is 0 Å². The number of halogens is 1. The summed E-state index contributed by atoms with van der Waals surface area (Å²) in [6.07, 6.45) is 0. The molecule has 1 atom stereocenters. The van der Waals surface area contributed by atoms with Crippen LogP contribution in [0, 0.1) is 0 Å². The molecule has 0 spiro atoms. The summed E-state index contributed by atoms with van der Waals surface area (Å²) in [4.78, 5) is 0. The fraction of sp³-hybridized carbons (Fsp3) is 0.0526. The van der Waals surface area contributed by atoms with Crippen molar-refractivity contribution in [3.8, 4) is 39.1 Å². The first kappa shape index (κ1) is 22.4. The summed E-state index contributed by atoms with van der Waals surface area (Å²) in [6.45, 7) is 2.41. The number of benzene rings is 6. The molecule has 188 valence electrons. The highest BCUT2D eigenvalue weighted by Crippen LogP contribution is 2.61. The molecule has 0 radical (unpaired) electrons. The van der Waals surface area contributed by atoms with Gasteiger partial charge < -0.3 is 4.57 Å². The van der Waals surface area contributed by atoms with Crippen LogP contribution in [-0.2, 0) is 5.41 Å². The Kier molecular flexibility index (Phi) is 4.39. The molecule has 7 aromatic rings. The minimum atomic E-state index is -0.309. The van der Waals surface area contributed by atoms with Crippen molar-refractivity contribution in [3.05, 3.63) is 149 Å². The van der Waals surface area contributed by atoms with Gasteiger partial charge in [0, 0.05) is 31.8 Å². The number of hydrogen-bond donors (Lipinski definition) is 0. The van der Waals surface area contributed by atoms with Crippen LogP contribution in [0.1, 0.15) is 23.6 Å². The Hall–Kier alpha value is -4.40. The van der Waals surface area contributed by atoms with Crippen LogP contribution in [0.2, 0.25) is 0 Å². The second-order valence-electron chi connectivity index (χ2n) is 11.2. The van der Waals surface area contributed by atoms with Crippen molar-refractivity contribution in [2.45, 2.75) is 12.3 Å². The van der Waals surface area contributed by atoms with E-state index in [1.165, 1.54) is 77.6 Å². The normalized spacial score (nSPS) is 16.4. The molecule has 0 saturated heterocycles. The standard InChI is InChI=1S/C38H24BrN/c1-38(25-17-15-24(16-18-25)23-9-3-2-4-10-23)30-21-19-29-27-12-6-8-14-33(27)40-32-13-7-5-11-26(32)28-20-22-31(39)36(38)34(28)35(30)37(29)40/h2-22H,1H3. The van der Waals surface area contributed by atoms with Crippen molar-refractivity contribution in [1.29, 1.82) is 0 Å². The molecular weight excluding hydrogens is 550 g/mol. The topological polar surface area (TPSA) is 4.93 Å². The summed E-state index contributed by atoms with van der Waals surface area (Å²) in [6, 6.07) is 46.9. The summed E-state index contributed by atoms with van der Waals surface area (Å²) < 4.78 is 3.67. The van der Waals surface area contributed by atoms with Gasteiger partial charge in [0.1, 0.15) is 0 Å². The third kappa shape index (κ3) is 2.67. The van der Waals surface area contributed by atoms with Gasteiger partial charge in [0.05, 0.1) is 16.7 Å². The molecule has 0 saturated carbocycles. The highest BCUT2D eigenvalue weighted by Gasteiger charge is 2.46. The van der Waals surface area contributed by atoms with Crippen LogP contribution >= 0.6 is 15.9 Å². The molecule has 40 heavy (non-hydrogen) atoms. The van der Waals surface area contributed by atoms with Gasteiger partial charge in [-0.2, -0.15) is 0 Å². The molecule has 2 heteroatoms.